The van der Waals surface area contributed by atoms with Crippen LogP contribution >= 0.6 is 0 Å². The Hall–Kier alpha value is -2.75. The topological polar surface area (TPSA) is 47.3 Å². The molecule has 4 heteroatoms. The lowest BCUT2D eigenvalue weighted by Crippen LogP contribution is -1.99. The van der Waals surface area contributed by atoms with Gasteiger partial charge in [-0.2, -0.15) is 0 Å². The number of anilines is 3. The summed E-state index contributed by atoms with van der Waals surface area (Å²) in [5.74, 6) is 0.0281. The van der Waals surface area contributed by atoms with Crippen molar-refractivity contribution in [3.05, 3.63) is 60.4 Å². The molecule has 0 saturated heterocycles. The molecule has 0 amide bonds. The molecule has 0 aromatic heterocycles. The molecule has 0 aliphatic carbocycles. The van der Waals surface area contributed by atoms with Crippen LogP contribution in [-0.4, -0.2) is 7.11 Å². The SMILES string of the molecule is COc1cc(Nc2cccc3ccccc23)c(F)cc1N. The molecule has 0 aliphatic rings. The molecule has 0 bridgehead atoms. The van der Waals surface area contributed by atoms with E-state index in [9.17, 15) is 4.39 Å². The van der Waals surface area contributed by atoms with E-state index in [1.54, 1.807) is 6.07 Å². The van der Waals surface area contributed by atoms with Gasteiger partial charge in [0.15, 0.2) is 0 Å². The first-order valence-electron chi connectivity index (χ1n) is 6.57. The fourth-order valence-corrected chi connectivity index (χ4v) is 2.32. The van der Waals surface area contributed by atoms with Gasteiger partial charge in [0, 0.05) is 23.2 Å². The summed E-state index contributed by atoms with van der Waals surface area (Å²) in [5.41, 5.74) is 7.13. The first-order valence-corrected chi connectivity index (χ1v) is 6.57. The number of ether oxygens (including phenoxy) is 1. The molecule has 0 saturated carbocycles. The van der Waals surface area contributed by atoms with E-state index in [0.29, 0.717) is 11.4 Å². The van der Waals surface area contributed by atoms with Crippen molar-refractivity contribution in [1.29, 1.82) is 0 Å². The Morgan fingerprint density at radius 1 is 1.00 bits per heavy atom. The average molecular weight is 282 g/mol. The van der Waals surface area contributed by atoms with E-state index in [2.05, 4.69) is 5.32 Å². The fourth-order valence-electron chi connectivity index (χ4n) is 2.32. The lowest BCUT2D eigenvalue weighted by atomic mass is 10.1. The van der Waals surface area contributed by atoms with E-state index >= 15 is 0 Å². The van der Waals surface area contributed by atoms with Gasteiger partial charge in [0.1, 0.15) is 11.6 Å². The van der Waals surface area contributed by atoms with Gasteiger partial charge in [0.05, 0.1) is 18.5 Å². The molecule has 3 aromatic carbocycles. The van der Waals surface area contributed by atoms with Crippen molar-refractivity contribution in [1.82, 2.24) is 0 Å². The predicted octanol–water partition coefficient (Wildman–Crippen LogP) is 4.31. The summed E-state index contributed by atoms with van der Waals surface area (Å²) < 4.78 is 19.2. The minimum atomic E-state index is -0.416. The van der Waals surface area contributed by atoms with Crippen LogP contribution in [0.5, 0.6) is 5.75 Å². The number of halogens is 1. The number of nitrogen functional groups attached to an aromatic ring is 1. The monoisotopic (exact) mass is 282 g/mol. The van der Waals surface area contributed by atoms with Crippen LogP contribution in [0.4, 0.5) is 21.5 Å². The van der Waals surface area contributed by atoms with Crippen molar-refractivity contribution in [3.63, 3.8) is 0 Å². The number of nitrogens with two attached hydrogens (primary N) is 1. The van der Waals surface area contributed by atoms with Gasteiger partial charge in [-0.05, 0) is 11.5 Å². The molecule has 3 rings (SSSR count). The Morgan fingerprint density at radius 3 is 2.57 bits per heavy atom. The molecule has 0 atom stereocenters. The van der Waals surface area contributed by atoms with Crippen LogP contribution in [0, 0.1) is 5.82 Å². The van der Waals surface area contributed by atoms with Crippen LogP contribution in [0.15, 0.2) is 54.6 Å². The van der Waals surface area contributed by atoms with Gasteiger partial charge in [-0.1, -0.05) is 36.4 Å². The maximum Gasteiger partial charge on any atom is 0.148 e. The lowest BCUT2D eigenvalue weighted by Gasteiger charge is -2.13. The second-order valence-corrected chi connectivity index (χ2v) is 4.73. The second-order valence-electron chi connectivity index (χ2n) is 4.73. The number of fused-ring (bicyclic) bond motifs is 1. The van der Waals surface area contributed by atoms with E-state index in [-0.39, 0.29) is 5.69 Å². The highest BCUT2D eigenvalue weighted by Gasteiger charge is 2.10. The van der Waals surface area contributed by atoms with E-state index in [1.807, 2.05) is 42.5 Å². The zero-order valence-corrected chi connectivity index (χ0v) is 11.6. The van der Waals surface area contributed by atoms with E-state index in [0.717, 1.165) is 16.5 Å². The number of nitrogens with one attached hydrogen (secondary N) is 1. The summed E-state index contributed by atoms with van der Waals surface area (Å²) in [6.45, 7) is 0. The summed E-state index contributed by atoms with van der Waals surface area (Å²) in [4.78, 5) is 0. The maximum atomic E-state index is 14.1. The number of rotatable bonds is 3. The first kappa shape index (κ1) is 13.2. The molecule has 0 heterocycles. The molecule has 0 aliphatic heterocycles. The average Bonchev–Trinajstić information content (AvgIpc) is 2.50. The van der Waals surface area contributed by atoms with Crippen molar-refractivity contribution < 1.29 is 9.13 Å². The van der Waals surface area contributed by atoms with E-state index < -0.39 is 5.82 Å². The standard InChI is InChI=1S/C17H15FN2O/c1-21-17-10-16(13(18)9-14(17)19)20-15-8-4-6-11-5-2-3-7-12(11)15/h2-10,20H,19H2,1H3. The third-order valence-corrected chi connectivity index (χ3v) is 3.38. The summed E-state index contributed by atoms with van der Waals surface area (Å²) >= 11 is 0. The number of hydrogen-bond donors (Lipinski definition) is 2. The molecule has 0 fully saturated rings. The Labute approximate surface area is 122 Å². The molecule has 3 N–H and O–H groups in total. The van der Waals surface area contributed by atoms with Crippen molar-refractivity contribution in [2.24, 2.45) is 0 Å². The second kappa shape index (κ2) is 5.32. The Kier molecular flexibility index (Phi) is 3.36. The smallest absolute Gasteiger partial charge is 0.148 e. The summed E-state index contributed by atoms with van der Waals surface area (Å²) in [6, 6.07) is 16.6. The third-order valence-electron chi connectivity index (χ3n) is 3.38. The Balaban J connectivity index is 2.07. The van der Waals surface area contributed by atoms with Crippen molar-refractivity contribution in [3.8, 4) is 5.75 Å². The van der Waals surface area contributed by atoms with Crippen LogP contribution in [0.2, 0.25) is 0 Å². The van der Waals surface area contributed by atoms with Crippen LogP contribution in [0.1, 0.15) is 0 Å². The van der Waals surface area contributed by atoms with Crippen LogP contribution < -0.4 is 15.8 Å². The number of hydrogen-bond acceptors (Lipinski definition) is 3. The van der Waals surface area contributed by atoms with Crippen LogP contribution in [0.3, 0.4) is 0 Å². The highest BCUT2D eigenvalue weighted by atomic mass is 19.1. The quantitative estimate of drug-likeness (QED) is 0.703. The maximum absolute atomic E-state index is 14.1. The minimum absolute atomic E-state index is 0.276. The molecule has 0 unspecified atom stereocenters. The highest BCUT2D eigenvalue weighted by molar-refractivity contribution is 5.95. The van der Waals surface area contributed by atoms with Gasteiger partial charge in [-0.3, -0.25) is 0 Å². The molecule has 3 nitrogen and oxygen atoms in total. The largest absolute Gasteiger partial charge is 0.495 e. The zero-order valence-electron chi connectivity index (χ0n) is 11.6. The van der Waals surface area contributed by atoms with Gasteiger partial charge < -0.3 is 15.8 Å². The van der Waals surface area contributed by atoms with E-state index in [4.69, 9.17) is 10.5 Å². The minimum Gasteiger partial charge on any atom is -0.495 e. The van der Waals surface area contributed by atoms with E-state index in [1.165, 1.54) is 13.2 Å². The lowest BCUT2D eigenvalue weighted by molar-refractivity contribution is 0.416. The normalized spacial score (nSPS) is 10.6. The summed E-state index contributed by atoms with van der Waals surface area (Å²) in [5, 5.41) is 5.22. The molecule has 0 spiro atoms. The summed E-state index contributed by atoms with van der Waals surface area (Å²) in [6.07, 6.45) is 0. The first-order chi connectivity index (χ1) is 10.2. The van der Waals surface area contributed by atoms with Gasteiger partial charge in [-0.15, -0.1) is 0 Å². The van der Waals surface area contributed by atoms with Crippen LogP contribution in [-0.2, 0) is 0 Å². The molecular weight excluding hydrogens is 267 g/mol. The molecule has 0 radical (unpaired) electrons. The van der Waals surface area contributed by atoms with Gasteiger partial charge >= 0.3 is 0 Å². The predicted molar refractivity (Wildman–Crippen MR) is 84.6 cm³/mol. The van der Waals surface area contributed by atoms with Crippen LogP contribution in [0.25, 0.3) is 10.8 Å². The third kappa shape index (κ3) is 2.48. The Morgan fingerprint density at radius 2 is 1.76 bits per heavy atom. The number of methoxy groups -OCH3 is 1. The molecular formula is C17H15FN2O. The van der Waals surface area contributed by atoms with Crippen molar-refractivity contribution in [2.45, 2.75) is 0 Å². The molecule has 106 valence electrons. The van der Waals surface area contributed by atoms with Gasteiger partial charge in [0.25, 0.3) is 0 Å². The van der Waals surface area contributed by atoms with Crippen molar-refractivity contribution in [2.75, 3.05) is 18.2 Å². The molecule has 21 heavy (non-hydrogen) atoms. The number of benzene rings is 3. The molecule has 3 aromatic rings. The van der Waals surface area contributed by atoms with Crippen molar-refractivity contribution >= 4 is 27.8 Å². The Bertz CT molecular complexity index is 797. The fraction of sp³-hybridized carbons (Fsp3) is 0.0588. The summed E-state index contributed by atoms with van der Waals surface area (Å²) in [7, 11) is 1.51. The zero-order chi connectivity index (χ0) is 14.8. The van der Waals surface area contributed by atoms with Gasteiger partial charge in [-0.25, -0.2) is 4.39 Å². The van der Waals surface area contributed by atoms with Gasteiger partial charge in [0.2, 0.25) is 0 Å². The highest BCUT2D eigenvalue weighted by Crippen LogP contribution is 2.32.